The molecule has 0 unspecified atom stereocenters. The molecule has 0 aromatic carbocycles. The molecule has 7 nitrogen and oxygen atoms in total. The lowest BCUT2D eigenvalue weighted by atomic mass is 10.00. The van der Waals surface area contributed by atoms with E-state index in [2.05, 4.69) is 15.0 Å². The van der Waals surface area contributed by atoms with Gasteiger partial charge < -0.3 is 14.3 Å². The summed E-state index contributed by atoms with van der Waals surface area (Å²) in [7, 11) is 3.86. The van der Waals surface area contributed by atoms with E-state index in [0.717, 1.165) is 67.6 Å². The molecular formula is C21H29N5O2. The molecule has 1 aliphatic heterocycles. The van der Waals surface area contributed by atoms with Crippen LogP contribution in [0.2, 0.25) is 0 Å². The van der Waals surface area contributed by atoms with Crippen LogP contribution >= 0.6 is 0 Å². The maximum Gasteiger partial charge on any atom is 0.226 e. The molecule has 1 atom stereocenters. The third-order valence-corrected chi connectivity index (χ3v) is 6.16. The molecule has 28 heavy (non-hydrogen) atoms. The minimum Gasteiger partial charge on any atom is -0.356 e. The standard InChI is InChI=1S/C21H29N5O2/c1-13-14(2)24-28-19(13)16-12-22-21(25(3)4)23-18(16)17-10-7-11-26(17)20(27)15-8-5-6-9-15/h12,15,17H,5-11H2,1-4H3/t17-/m1/s1. The lowest BCUT2D eigenvalue weighted by Gasteiger charge is -2.28. The van der Waals surface area contributed by atoms with Crippen LogP contribution in [0.25, 0.3) is 11.3 Å². The van der Waals surface area contributed by atoms with Crippen molar-refractivity contribution in [1.29, 1.82) is 0 Å². The van der Waals surface area contributed by atoms with Crippen molar-refractivity contribution in [3.63, 3.8) is 0 Å². The highest BCUT2D eigenvalue weighted by atomic mass is 16.5. The number of hydrogen-bond acceptors (Lipinski definition) is 6. The van der Waals surface area contributed by atoms with Crippen molar-refractivity contribution in [3.8, 4) is 11.3 Å². The van der Waals surface area contributed by atoms with Gasteiger partial charge in [-0.05, 0) is 39.5 Å². The molecule has 4 rings (SSSR count). The molecule has 2 aromatic rings. The number of carbonyl (C=O) groups is 1. The zero-order chi connectivity index (χ0) is 19.8. The van der Waals surface area contributed by atoms with E-state index in [4.69, 9.17) is 9.51 Å². The first-order chi connectivity index (χ1) is 13.5. The molecule has 1 saturated heterocycles. The van der Waals surface area contributed by atoms with Gasteiger partial charge in [-0.1, -0.05) is 18.0 Å². The summed E-state index contributed by atoms with van der Waals surface area (Å²) in [4.78, 5) is 26.5. The summed E-state index contributed by atoms with van der Waals surface area (Å²) in [5.41, 5.74) is 3.58. The number of hydrogen-bond donors (Lipinski definition) is 0. The van der Waals surface area contributed by atoms with Crippen LogP contribution in [0.15, 0.2) is 10.7 Å². The van der Waals surface area contributed by atoms with Crippen LogP contribution < -0.4 is 4.90 Å². The van der Waals surface area contributed by atoms with Crippen molar-refractivity contribution in [2.24, 2.45) is 5.92 Å². The average molecular weight is 383 g/mol. The van der Waals surface area contributed by atoms with Gasteiger partial charge in [0.05, 0.1) is 23.0 Å². The average Bonchev–Trinajstić information content (AvgIpc) is 3.43. The molecule has 1 aliphatic carbocycles. The molecule has 1 saturated carbocycles. The summed E-state index contributed by atoms with van der Waals surface area (Å²) in [6, 6.07) is -0.0328. The normalized spacial score (nSPS) is 20.1. The number of nitrogens with zero attached hydrogens (tertiary/aromatic N) is 5. The number of aryl methyl sites for hydroxylation is 1. The lowest BCUT2D eigenvalue weighted by molar-refractivity contribution is -0.136. The predicted octanol–water partition coefficient (Wildman–Crippen LogP) is 3.67. The van der Waals surface area contributed by atoms with E-state index in [1.165, 1.54) is 0 Å². The second-order valence-electron chi connectivity index (χ2n) is 8.26. The number of carbonyl (C=O) groups excluding carboxylic acids is 1. The van der Waals surface area contributed by atoms with Crippen molar-refractivity contribution in [2.75, 3.05) is 25.5 Å². The van der Waals surface area contributed by atoms with Crippen LogP contribution in [0.4, 0.5) is 5.95 Å². The first-order valence-corrected chi connectivity index (χ1v) is 10.3. The molecule has 2 aliphatic rings. The second kappa shape index (κ2) is 7.53. The third-order valence-electron chi connectivity index (χ3n) is 6.16. The van der Waals surface area contributed by atoms with Crippen LogP contribution in [0, 0.1) is 19.8 Å². The number of amides is 1. The Labute approximate surface area is 166 Å². The van der Waals surface area contributed by atoms with Crippen LogP contribution in [0.5, 0.6) is 0 Å². The Kier molecular flexibility index (Phi) is 5.08. The zero-order valence-electron chi connectivity index (χ0n) is 17.2. The van der Waals surface area contributed by atoms with E-state index < -0.39 is 0 Å². The molecule has 150 valence electrons. The molecule has 2 aromatic heterocycles. The molecule has 0 radical (unpaired) electrons. The lowest BCUT2D eigenvalue weighted by Crippen LogP contribution is -2.35. The molecule has 0 N–H and O–H groups in total. The van der Waals surface area contributed by atoms with Crippen molar-refractivity contribution < 1.29 is 9.32 Å². The maximum absolute atomic E-state index is 13.2. The highest BCUT2D eigenvalue weighted by Crippen LogP contribution is 2.40. The SMILES string of the molecule is Cc1noc(-c2cnc(N(C)C)nc2[C@H]2CCCN2C(=O)C2CCCC2)c1C. The van der Waals surface area contributed by atoms with Gasteiger partial charge in [0.1, 0.15) is 0 Å². The monoisotopic (exact) mass is 383 g/mol. The number of likely N-dealkylation sites (tertiary alicyclic amines) is 1. The van der Waals surface area contributed by atoms with Gasteiger partial charge in [-0.2, -0.15) is 0 Å². The van der Waals surface area contributed by atoms with Gasteiger partial charge in [-0.25, -0.2) is 9.97 Å². The number of rotatable bonds is 4. The molecular weight excluding hydrogens is 354 g/mol. The smallest absolute Gasteiger partial charge is 0.226 e. The summed E-state index contributed by atoms with van der Waals surface area (Å²) >= 11 is 0. The first-order valence-electron chi connectivity index (χ1n) is 10.3. The van der Waals surface area contributed by atoms with E-state index >= 15 is 0 Å². The van der Waals surface area contributed by atoms with Gasteiger partial charge in [0.2, 0.25) is 11.9 Å². The van der Waals surface area contributed by atoms with Crippen LogP contribution in [0.1, 0.15) is 61.5 Å². The van der Waals surface area contributed by atoms with Crippen molar-refractivity contribution in [3.05, 3.63) is 23.1 Å². The van der Waals surface area contributed by atoms with E-state index in [1.54, 1.807) is 0 Å². The fourth-order valence-corrected chi connectivity index (χ4v) is 4.42. The summed E-state index contributed by atoms with van der Waals surface area (Å²) in [6.07, 6.45) is 8.09. The van der Waals surface area contributed by atoms with Gasteiger partial charge in [-0.3, -0.25) is 4.79 Å². The van der Waals surface area contributed by atoms with E-state index in [0.29, 0.717) is 17.6 Å². The highest BCUT2D eigenvalue weighted by Gasteiger charge is 2.37. The first kappa shape index (κ1) is 18.9. The Balaban J connectivity index is 1.76. The minimum atomic E-state index is -0.0328. The summed E-state index contributed by atoms with van der Waals surface area (Å²) in [5, 5.41) is 4.11. The maximum atomic E-state index is 13.2. The predicted molar refractivity (Wildman–Crippen MR) is 107 cm³/mol. The molecule has 3 heterocycles. The zero-order valence-corrected chi connectivity index (χ0v) is 17.2. The van der Waals surface area contributed by atoms with Gasteiger partial charge >= 0.3 is 0 Å². The topological polar surface area (TPSA) is 75.4 Å². The summed E-state index contributed by atoms with van der Waals surface area (Å²) in [6.45, 7) is 4.73. The number of anilines is 1. The molecule has 0 spiro atoms. The minimum absolute atomic E-state index is 0.0328. The Morgan fingerprint density at radius 3 is 2.57 bits per heavy atom. The van der Waals surface area contributed by atoms with Gasteiger partial charge in [0.25, 0.3) is 0 Å². The van der Waals surface area contributed by atoms with E-state index in [1.807, 2.05) is 39.0 Å². The summed E-state index contributed by atoms with van der Waals surface area (Å²) < 4.78 is 5.63. The van der Waals surface area contributed by atoms with Gasteiger partial charge in [0.15, 0.2) is 5.76 Å². The Hall–Kier alpha value is -2.44. The van der Waals surface area contributed by atoms with Crippen molar-refractivity contribution in [2.45, 2.75) is 58.4 Å². The molecule has 1 amide bonds. The van der Waals surface area contributed by atoms with E-state index in [-0.39, 0.29) is 12.0 Å². The van der Waals surface area contributed by atoms with Crippen LogP contribution in [-0.4, -0.2) is 46.6 Å². The molecule has 0 bridgehead atoms. The quantitative estimate of drug-likeness (QED) is 0.802. The van der Waals surface area contributed by atoms with Gasteiger partial charge in [-0.15, -0.1) is 0 Å². The van der Waals surface area contributed by atoms with Gasteiger partial charge in [0, 0.05) is 38.3 Å². The Morgan fingerprint density at radius 1 is 1.18 bits per heavy atom. The molecule has 7 heteroatoms. The Bertz CT molecular complexity index is 870. The van der Waals surface area contributed by atoms with Crippen LogP contribution in [-0.2, 0) is 4.79 Å². The number of aromatic nitrogens is 3. The summed E-state index contributed by atoms with van der Waals surface area (Å²) in [5.74, 6) is 1.82. The van der Waals surface area contributed by atoms with E-state index in [9.17, 15) is 4.79 Å². The fraction of sp³-hybridized carbons (Fsp3) is 0.619. The highest BCUT2D eigenvalue weighted by molar-refractivity contribution is 5.80. The van der Waals surface area contributed by atoms with Crippen LogP contribution in [0.3, 0.4) is 0 Å². The third kappa shape index (κ3) is 3.27. The Morgan fingerprint density at radius 2 is 1.93 bits per heavy atom. The fourth-order valence-electron chi connectivity index (χ4n) is 4.42. The van der Waals surface area contributed by atoms with Crippen molar-refractivity contribution in [1.82, 2.24) is 20.0 Å². The molecule has 2 fully saturated rings. The largest absolute Gasteiger partial charge is 0.356 e. The second-order valence-corrected chi connectivity index (χ2v) is 8.26. The van der Waals surface area contributed by atoms with Crippen molar-refractivity contribution >= 4 is 11.9 Å².